The molecule has 0 aromatic heterocycles. The van der Waals surface area contributed by atoms with Crippen LogP contribution in [0.3, 0.4) is 0 Å². The predicted molar refractivity (Wildman–Crippen MR) is 79.7 cm³/mol. The molecule has 0 N–H and O–H groups in total. The quantitative estimate of drug-likeness (QED) is 0.620. The molecule has 1 heterocycles. The fourth-order valence-corrected chi connectivity index (χ4v) is 2.33. The molecule has 0 aliphatic carbocycles. The van der Waals surface area contributed by atoms with Crippen LogP contribution in [0.5, 0.6) is 0 Å². The molecule has 22 heavy (non-hydrogen) atoms. The number of benzene rings is 1. The Balaban J connectivity index is 2.35. The summed E-state index contributed by atoms with van der Waals surface area (Å²) >= 11 is 0. The summed E-state index contributed by atoms with van der Waals surface area (Å²) in [4.78, 5) is 23.6. The number of carbonyl (C=O) groups excluding carboxylic acids is 2. The highest BCUT2D eigenvalue weighted by atomic mass is 19.1. The van der Waals surface area contributed by atoms with Crippen LogP contribution in [0.25, 0.3) is 0 Å². The Morgan fingerprint density at radius 1 is 1.45 bits per heavy atom. The van der Waals surface area contributed by atoms with Crippen LogP contribution in [0.4, 0.5) is 4.39 Å². The topological polar surface area (TPSA) is 59.0 Å². The van der Waals surface area contributed by atoms with Crippen LogP contribution in [0, 0.1) is 5.82 Å². The van der Waals surface area contributed by atoms with Crippen molar-refractivity contribution in [2.75, 3.05) is 6.61 Å². The number of hydrogen-bond acceptors (Lipinski definition) is 4. The zero-order chi connectivity index (χ0) is 16.1. The largest absolute Gasteiger partial charge is 0.466 e. The number of hydrogen-bond donors (Lipinski definition) is 0. The zero-order valence-corrected chi connectivity index (χ0v) is 12.7. The van der Waals surface area contributed by atoms with Crippen LogP contribution >= 0.6 is 0 Å². The first-order valence-corrected chi connectivity index (χ1v) is 7.33. The molecule has 1 unspecified atom stereocenters. The first-order chi connectivity index (χ1) is 10.5. The van der Waals surface area contributed by atoms with Gasteiger partial charge in [-0.2, -0.15) is 5.10 Å². The Labute approximate surface area is 128 Å². The van der Waals surface area contributed by atoms with E-state index in [0.717, 1.165) is 0 Å². The lowest BCUT2D eigenvalue weighted by Crippen LogP contribution is -2.28. The van der Waals surface area contributed by atoms with Crippen molar-refractivity contribution in [2.45, 2.75) is 39.2 Å². The Morgan fingerprint density at radius 2 is 2.18 bits per heavy atom. The molecule has 1 aliphatic rings. The van der Waals surface area contributed by atoms with Crippen LogP contribution in [-0.2, 0) is 14.3 Å². The molecule has 1 aromatic carbocycles. The number of hydrazone groups is 1. The minimum absolute atomic E-state index is 0.0588. The molecule has 1 aromatic rings. The fourth-order valence-electron chi connectivity index (χ4n) is 2.33. The standard InChI is InChI=1S/C16H19FN2O3/c1-3-22-16(21)10-14(12-6-4-5-7-13(12)17)18-19-11(2)8-9-15(19)20/h4-7,11H,3,8-10H2,1-2H3. The Bertz CT molecular complexity index is 601. The normalized spacial score (nSPS) is 18.7. The van der Waals surface area contributed by atoms with Gasteiger partial charge in [-0.3, -0.25) is 9.59 Å². The number of nitrogens with zero attached hydrogens (tertiary/aromatic N) is 2. The summed E-state index contributed by atoms with van der Waals surface area (Å²) in [5.41, 5.74) is 0.418. The van der Waals surface area contributed by atoms with Gasteiger partial charge in [0.15, 0.2) is 0 Å². The highest BCUT2D eigenvalue weighted by molar-refractivity contribution is 6.09. The van der Waals surface area contributed by atoms with E-state index in [1.165, 1.54) is 11.1 Å². The van der Waals surface area contributed by atoms with Crippen LogP contribution in [0.2, 0.25) is 0 Å². The van der Waals surface area contributed by atoms with Gasteiger partial charge < -0.3 is 4.74 Å². The average Bonchev–Trinajstić information content (AvgIpc) is 2.79. The van der Waals surface area contributed by atoms with E-state index in [9.17, 15) is 14.0 Å². The molecule has 1 fully saturated rings. The summed E-state index contributed by atoms with van der Waals surface area (Å²) < 4.78 is 18.9. The van der Waals surface area contributed by atoms with E-state index < -0.39 is 11.8 Å². The zero-order valence-electron chi connectivity index (χ0n) is 12.7. The average molecular weight is 306 g/mol. The summed E-state index contributed by atoms with van der Waals surface area (Å²) in [6.45, 7) is 3.81. The van der Waals surface area contributed by atoms with Crippen molar-refractivity contribution in [3.63, 3.8) is 0 Å². The lowest BCUT2D eigenvalue weighted by atomic mass is 10.1. The number of carbonyl (C=O) groups is 2. The van der Waals surface area contributed by atoms with Gasteiger partial charge in [-0.25, -0.2) is 9.40 Å². The van der Waals surface area contributed by atoms with Gasteiger partial charge in [-0.05, 0) is 26.3 Å². The van der Waals surface area contributed by atoms with Gasteiger partial charge in [0.2, 0.25) is 5.91 Å². The Hall–Kier alpha value is -2.24. The highest BCUT2D eigenvalue weighted by Crippen LogP contribution is 2.20. The van der Waals surface area contributed by atoms with Crippen LogP contribution < -0.4 is 0 Å². The van der Waals surface area contributed by atoms with E-state index in [4.69, 9.17) is 4.74 Å². The van der Waals surface area contributed by atoms with Gasteiger partial charge in [-0.1, -0.05) is 18.2 Å². The summed E-state index contributed by atoms with van der Waals surface area (Å²) in [5.74, 6) is -1.10. The molecule has 6 heteroatoms. The molecule has 1 amide bonds. The van der Waals surface area contributed by atoms with Crippen molar-refractivity contribution in [1.82, 2.24) is 5.01 Å². The molecular formula is C16H19FN2O3. The third kappa shape index (κ3) is 3.69. The minimum atomic E-state index is -0.496. The van der Waals surface area contributed by atoms with Gasteiger partial charge in [0.05, 0.1) is 24.8 Å². The molecule has 5 nitrogen and oxygen atoms in total. The van der Waals surface area contributed by atoms with Gasteiger partial charge in [0.25, 0.3) is 0 Å². The molecule has 118 valence electrons. The van der Waals surface area contributed by atoms with E-state index in [0.29, 0.717) is 12.8 Å². The molecule has 0 bridgehead atoms. The second-order valence-corrected chi connectivity index (χ2v) is 5.13. The summed E-state index contributed by atoms with van der Waals surface area (Å²) in [6, 6.07) is 6.00. The monoisotopic (exact) mass is 306 g/mol. The molecule has 1 aliphatic heterocycles. The van der Waals surface area contributed by atoms with Crippen molar-refractivity contribution < 1.29 is 18.7 Å². The lowest BCUT2D eigenvalue weighted by Gasteiger charge is -2.18. The van der Waals surface area contributed by atoms with E-state index in [1.807, 2.05) is 6.92 Å². The lowest BCUT2D eigenvalue weighted by molar-refractivity contribution is -0.141. The maximum Gasteiger partial charge on any atom is 0.311 e. The summed E-state index contributed by atoms with van der Waals surface area (Å²) in [7, 11) is 0. The van der Waals surface area contributed by atoms with E-state index >= 15 is 0 Å². The van der Waals surface area contributed by atoms with Crippen LogP contribution in [0.15, 0.2) is 29.4 Å². The molecule has 0 radical (unpaired) electrons. The first kappa shape index (κ1) is 16.1. The van der Waals surface area contributed by atoms with E-state index in [1.54, 1.807) is 25.1 Å². The number of esters is 1. The van der Waals surface area contributed by atoms with E-state index in [2.05, 4.69) is 5.10 Å². The van der Waals surface area contributed by atoms with Crippen molar-refractivity contribution in [2.24, 2.45) is 5.10 Å². The molecular weight excluding hydrogens is 287 g/mol. The Morgan fingerprint density at radius 3 is 2.77 bits per heavy atom. The van der Waals surface area contributed by atoms with Crippen molar-refractivity contribution in [3.8, 4) is 0 Å². The maximum atomic E-state index is 14.0. The molecule has 0 saturated carbocycles. The second kappa shape index (κ2) is 7.15. The van der Waals surface area contributed by atoms with Gasteiger partial charge in [-0.15, -0.1) is 0 Å². The SMILES string of the molecule is CCOC(=O)CC(=NN1C(=O)CCC1C)c1ccccc1F. The number of rotatable bonds is 5. The smallest absolute Gasteiger partial charge is 0.311 e. The third-order valence-corrected chi connectivity index (χ3v) is 3.48. The third-order valence-electron chi connectivity index (χ3n) is 3.48. The Kier molecular flexibility index (Phi) is 5.25. The number of amides is 1. The van der Waals surface area contributed by atoms with Crippen molar-refractivity contribution >= 4 is 17.6 Å². The van der Waals surface area contributed by atoms with Crippen LogP contribution in [0.1, 0.15) is 38.7 Å². The van der Waals surface area contributed by atoms with Crippen molar-refractivity contribution in [1.29, 1.82) is 0 Å². The highest BCUT2D eigenvalue weighted by Gasteiger charge is 2.28. The summed E-state index contributed by atoms with van der Waals surface area (Å²) in [6.07, 6.45) is 0.937. The summed E-state index contributed by atoms with van der Waals surface area (Å²) in [5, 5.41) is 5.58. The number of halogens is 1. The molecule has 1 saturated heterocycles. The van der Waals surface area contributed by atoms with E-state index in [-0.39, 0.29) is 36.3 Å². The predicted octanol–water partition coefficient (Wildman–Crippen LogP) is 2.49. The molecule has 1 atom stereocenters. The first-order valence-electron chi connectivity index (χ1n) is 7.33. The van der Waals surface area contributed by atoms with Gasteiger partial charge in [0.1, 0.15) is 5.82 Å². The van der Waals surface area contributed by atoms with Gasteiger partial charge >= 0.3 is 5.97 Å². The minimum Gasteiger partial charge on any atom is -0.466 e. The second-order valence-electron chi connectivity index (χ2n) is 5.13. The molecule has 0 spiro atoms. The molecule has 2 rings (SSSR count). The maximum absolute atomic E-state index is 14.0. The van der Waals surface area contributed by atoms with Crippen LogP contribution in [-0.4, -0.2) is 35.2 Å². The number of ether oxygens (including phenoxy) is 1. The fraction of sp³-hybridized carbons (Fsp3) is 0.438. The van der Waals surface area contributed by atoms with Gasteiger partial charge in [0, 0.05) is 12.0 Å². The van der Waals surface area contributed by atoms with Crippen molar-refractivity contribution in [3.05, 3.63) is 35.6 Å².